The Balaban J connectivity index is 1.98. The molecule has 0 bridgehead atoms. The Labute approximate surface area is 141 Å². The van der Waals surface area contributed by atoms with Crippen LogP contribution in [-0.2, 0) is 9.53 Å². The topological polar surface area (TPSA) is 64.6 Å². The van der Waals surface area contributed by atoms with Crippen LogP contribution < -0.4 is 10.1 Å². The lowest BCUT2D eigenvalue weighted by Gasteiger charge is -2.17. The van der Waals surface area contributed by atoms with Crippen molar-refractivity contribution in [3.63, 3.8) is 0 Å². The van der Waals surface area contributed by atoms with Gasteiger partial charge in [0.15, 0.2) is 6.10 Å². The van der Waals surface area contributed by atoms with Crippen molar-refractivity contribution >= 4 is 17.6 Å². The molecule has 0 aliphatic rings. The lowest BCUT2D eigenvalue weighted by atomic mass is 10.2. The number of carbonyl (C=O) groups is 2. The number of anilines is 1. The van der Waals surface area contributed by atoms with Gasteiger partial charge in [0.1, 0.15) is 5.75 Å². The van der Waals surface area contributed by atoms with E-state index in [4.69, 9.17) is 9.47 Å². The fourth-order valence-corrected chi connectivity index (χ4v) is 2.11. The molecule has 2 aromatic rings. The molecule has 0 radical (unpaired) electrons. The first kappa shape index (κ1) is 17.5. The van der Waals surface area contributed by atoms with Crippen LogP contribution in [0.4, 0.5) is 5.69 Å². The summed E-state index contributed by atoms with van der Waals surface area (Å²) in [5, 5.41) is 2.80. The van der Waals surface area contributed by atoms with Crippen LogP contribution in [0.15, 0.2) is 54.6 Å². The quantitative estimate of drug-likeness (QED) is 0.788. The minimum absolute atomic E-state index is 0.231. The highest BCUT2D eigenvalue weighted by atomic mass is 16.5. The van der Waals surface area contributed by atoms with Crippen molar-refractivity contribution in [3.8, 4) is 5.75 Å². The highest BCUT2D eigenvalue weighted by Crippen LogP contribution is 2.15. The molecule has 126 valence electrons. The van der Waals surface area contributed by atoms with Crippen LogP contribution in [0.3, 0.4) is 0 Å². The van der Waals surface area contributed by atoms with E-state index < -0.39 is 6.10 Å². The van der Waals surface area contributed by atoms with Crippen LogP contribution in [0.5, 0.6) is 5.75 Å². The van der Waals surface area contributed by atoms with Gasteiger partial charge in [0.2, 0.25) is 0 Å². The van der Waals surface area contributed by atoms with Crippen molar-refractivity contribution in [2.45, 2.75) is 26.4 Å². The molecule has 1 N–H and O–H groups in total. The molecule has 5 nitrogen and oxygen atoms in total. The Kier molecular flexibility index (Phi) is 6.37. The highest BCUT2D eigenvalue weighted by Gasteiger charge is 2.18. The third-order valence-electron chi connectivity index (χ3n) is 3.35. The van der Waals surface area contributed by atoms with Crippen LogP contribution in [-0.4, -0.2) is 24.6 Å². The first-order chi connectivity index (χ1) is 11.6. The molecule has 24 heavy (non-hydrogen) atoms. The van der Waals surface area contributed by atoms with E-state index in [-0.39, 0.29) is 11.9 Å². The number of hydrogen-bond donors (Lipinski definition) is 1. The molecular weight excluding hydrogens is 306 g/mol. The fourth-order valence-electron chi connectivity index (χ4n) is 2.11. The molecule has 0 unspecified atom stereocenters. The maximum atomic E-state index is 12.3. The van der Waals surface area contributed by atoms with Gasteiger partial charge in [0.25, 0.3) is 5.91 Å². The minimum Gasteiger partial charge on any atom is -0.481 e. The van der Waals surface area contributed by atoms with E-state index >= 15 is 0 Å². The standard InChI is InChI=1S/C19H21NO4/c1-3-17(24-16-8-6-5-7-9-16)18(21)20-15-12-10-14(11-13-15)19(22)23-4-2/h5-13,17H,3-4H2,1-2H3,(H,20,21)/t17-/m1/s1. The van der Waals surface area contributed by atoms with E-state index in [1.54, 1.807) is 31.2 Å². The summed E-state index contributed by atoms with van der Waals surface area (Å²) in [6.07, 6.45) is -0.0427. The zero-order chi connectivity index (χ0) is 17.4. The van der Waals surface area contributed by atoms with Crippen LogP contribution in [0.25, 0.3) is 0 Å². The van der Waals surface area contributed by atoms with Crippen molar-refractivity contribution in [1.82, 2.24) is 0 Å². The average Bonchev–Trinajstić information content (AvgIpc) is 2.61. The molecule has 0 aromatic heterocycles. The summed E-state index contributed by atoms with van der Waals surface area (Å²) in [7, 11) is 0. The number of rotatable bonds is 7. The van der Waals surface area contributed by atoms with Gasteiger partial charge < -0.3 is 14.8 Å². The van der Waals surface area contributed by atoms with E-state index in [9.17, 15) is 9.59 Å². The molecule has 0 aliphatic heterocycles. The number of carbonyl (C=O) groups excluding carboxylic acids is 2. The summed E-state index contributed by atoms with van der Waals surface area (Å²) in [6, 6.07) is 15.8. The molecule has 5 heteroatoms. The predicted octanol–water partition coefficient (Wildman–Crippen LogP) is 3.66. The summed E-state index contributed by atoms with van der Waals surface area (Å²) in [6.45, 7) is 3.97. The van der Waals surface area contributed by atoms with Crippen molar-refractivity contribution in [2.75, 3.05) is 11.9 Å². The van der Waals surface area contributed by atoms with Crippen molar-refractivity contribution in [3.05, 3.63) is 60.2 Å². The third-order valence-corrected chi connectivity index (χ3v) is 3.35. The van der Waals surface area contributed by atoms with Crippen LogP contribution in [0.1, 0.15) is 30.6 Å². The summed E-state index contributed by atoms with van der Waals surface area (Å²) in [5.74, 6) is 0.0385. The molecule has 0 spiro atoms. The van der Waals surface area contributed by atoms with Crippen LogP contribution in [0.2, 0.25) is 0 Å². The van der Waals surface area contributed by atoms with Gasteiger partial charge >= 0.3 is 5.97 Å². The SMILES string of the molecule is CCOC(=O)c1ccc(NC(=O)[C@@H](CC)Oc2ccccc2)cc1. The number of nitrogens with one attached hydrogen (secondary N) is 1. The molecular formula is C19H21NO4. The average molecular weight is 327 g/mol. The van der Waals surface area contributed by atoms with Crippen molar-refractivity contribution in [1.29, 1.82) is 0 Å². The molecule has 1 atom stereocenters. The molecule has 0 saturated carbocycles. The van der Waals surface area contributed by atoms with E-state index in [0.717, 1.165) is 0 Å². The van der Waals surface area contributed by atoms with E-state index in [2.05, 4.69) is 5.32 Å². The van der Waals surface area contributed by atoms with Gasteiger partial charge in [0, 0.05) is 5.69 Å². The Morgan fingerprint density at radius 3 is 2.25 bits per heavy atom. The second-order valence-corrected chi connectivity index (χ2v) is 5.11. The molecule has 2 aromatic carbocycles. The molecule has 0 saturated heterocycles. The van der Waals surface area contributed by atoms with Gasteiger partial charge in [-0.1, -0.05) is 25.1 Å². The van der Waals surface area contributed by atoms with Gasteiger partial charge in [0.05, 0.1) is 12.2 Å². The van der Waals surface area contributed by atoms with Gasteiger partial charge in [-0.3, -0.25) is 4.79 Å². The smallest absolute Gasteiger partial charge is 0.338 e. The Morgan fingerprint density at radius 1 is 1.00 bits per heavy atom. The maximum Gasteiger partial charge on any atom is 0.338 e. The fraction of sp³-hybridized carbons (Fsp3) is 0.263. The van der Waals surface area contributed by atoms with Crippen LogP contribution in [0, 0.1) is 0 Å². The molecule has 2 rings (SSSR count). The van der Waals surface area contributed by atoms with Crippen molar-refractivity contribution in [2.24, 2.45) is 0 Å². The van der Waals surface area contributed by atoms with Gasteiger partial charge in [-0.15, -0.1) is 0 Å². The third kappa shape index (κ3) is 4.84. The minimum atomic E-state index is -0.586. The van der Waals surface area contributed by atoms with Gasteiger partial charge in [-0.25, -0.2) is 4.79 Å². The molecule has 0 aliphatic carbocycles. The molecule has 1 amide bonds. The number of amides is 1. The zero-order valence-electron chi connectivity index (χ0n) is 13.8. The maximum absolute atomic E-state index is 12.3. The first-order valence-electron chi connectivity index (χ1n) is 7.93. The second-order valence-electron chi connectivity index (χ2n) is 5.11. The lowest BCUT2D eigenvalue weighted by Crippen LogP contribution is -2.32. The number of ether oxygens (including phenoxy) is 2. The van der Waals surface area contributed by atoms with Gasteiger partial charge in [-0.2, -0.15) is 0 Å². The van der Waals surface area contributed by atoms with Gasteiger partial charge in [-0.05, 0) is 49.7 Å². The Morgan fingerprint density at radius 2 is 1.67 bits per heavy atom. The van der Waals surface area contributed by atoms with Crippen molar-refractivity contribution < 1.29 is 19.1 Å². The number of esters is 1. The summed E-state index contributed by atoms with van der Waals surface area (Å²) in [4.78, 5) is 23.9. The summed E-state index contributed by atoms with van der Waals surface area (Å²) >= 11 is 0. The number of hydrogen-bond acceptors (Lipinski definition) is 4. The van der Waals surface area contributed by atoms with E-state index in [1.807, 2.05) is 37.3 Å². The Hall–Kier alpha value is -2.82. The number of benzene rings is 2. The highest BCUT2D eigenvalue weighted by molar-refractivity contribution is 5.95. The second kappa shape index (κ2) is 8.72. The van der Waals surface area contributed by atoms with E-state index in [0.29, 0.717) is 30.0 Å². The summed E-state index contributed by atoms with van der Waals surface area (Å²) in [5.41, 5.74) is 1.05. The monoisotopic (exact) mass is 327 g/mol. The first-order valence-corrected chi connectivity index (χ1v) is 7.93. The van der Waals surface area contributed by atoms with E-state index in [1.165, 1.54) is 0 Å². The van der Waals surface area contributed by atoms with Crippen LogP contribution >= 0.6 is 0 Å². The zero-order valence-corrected chi connectivity index (χ0v) is 13.8. The molecule has 0 fully saturated rings. The normalized spacial score (nSPS) is 11.4. The lowest BCUT2D eigenvalue weighted by molar-refractivity contribution is -0.122. The summed E-state index contributed by atoms with van der Waals surface area (Å²) < 4.78 is 10.6. The largest absolute Gasteiger partial charge is 0.481 e. The predicted molar refractivity (Wildman–Crippen MR) is 92.2 cm³/mol. The number of para-hydroxylation sites is 1. The Bertz CT molecular complexity index is 668. The molecule has 0 heterocycles.